The molecule has 206 valence electrons. The van der Waals surface area contributed by atoms with E-state index in [9.17, 15) is 9.59 Å². The second-order valence-electron chi connectivity index (χ2n) is 10.1. The summed E-state index contributed by atoms with van der Waals surface area (Å²) in [5.41, 5.74) is 3.37. The summed E-state index contributed by atoms with van der Waals surface area (Å²) >= 11 is 0. The molecule has 0 unspecified atom stereocenters. The molecule has 1 aliphatic rings. The molecule has 0 radical (unpaired) electrons. The molecule has 0 saturated carbocycles. The van der Waals surface area contributed by atoms with Gasteiger partial charge in [-0.25, -0.2) is 9.97 Å². The van der Waals surface area contributed by atoms with Gasteiger partial charge in [-0.15, -0.1) is 0 Å². The number of likely N-dealkylation sites (tertiary alicyclic amines) is 1. The lowest BCUT2D eigenvalue weighted by molar-refractivity contribution is -0.118. The number of aromatic amines is 1. The van der Waals surface area contributed by atoms with E-state index in [2.05, 4.69) is 33.5 Å². The van der Waals surface area contributed by atoms with Gasteiger partial charge in [0.05, 0.1) is 17.0 Å². The van der Waals surface area contributed by atoms with Crippen LogP contribution in [-0.4, -0.2) is 57.8 Å². The Bertz CT molecular complexity index is 1650. The van der Waals surface area contributed by atoms with Gasteiger partial charge in [0, 0.05) is 50.7 Å². The third-order valence-corrected chi connectivity index (χ3v) is 7.06. The summed E-state index contributed by atoms with van der Waals surface area (Å²) in [5, 5.41) is 15.8. The molecular formula is C32H31N7O2. The lowest BCUT2D eigenvalue weighted by atomic mass is 9.93. The first kappa shape index (κ1) is 27.4. The Labute approximate surface area is 239 Å². The molecule has 9 nitrogen and oxygen atoms in total. The van der Waals surface area contributed by atoms with E-state index in [0.29, 0.717) is 60.6 Å². The van der Waals surface area contributed by atoms with Gasteiger partial charge in [-0.2, -0.15) is 5.26 Å². The topological polar surface area (TPSA) is 127 Å². The van der Waals surface area contributed by atoms with Gasteiger partial charge < -0.3 is 20.5 Å². The first-order chi connectivity index (χ1) is 20.0. The maximum atomic E-state index is 13.5. The smallest absolute Gasteiger partial charge is 0.270 e. The first-order valence-electron chi connectivity index (χ1n) is 13.7. The number of hydrogen-bond acceptors (Lipinski definition) is 6. The van der Waals surface area contributed by atoms with Crippen molar-refractivity contribution in [2.45, 2.75) is 26.2 Å². The molecule has 2 amide bonds. The number of H-pyrrole nitrogens is 1. The molecule has 1 saturated heterocycles. The minimum Gasteiger partial charge on any atom is -0.368 e. The monoisotopic (exact) mass is 545 g/mol. The molecule has 0 bridgehead atoms. The quantitative estimate of drug-likeness (QED) is 0.234. The highest BCUT2D eigenvalue weighted by Crippen LogP contribution is 2.27. The highest BCUT2D eigenvalue weighted by Gasteiger charge is 2.25. The zero-order valence-electron chi connectivity index (χ0n) is 22.9. The van der Waals surface area contributed by atoms with Gasteiger partial charge in [0.15, 0.2) is 5.82 Å². The van der Waals surface area contributed by atoms with Crippen molar-refractivity contribution < 1.29 is 9.59 Å². The van der Waals surface area contributed by atoms with E-state index in [4.69, 9.17) is 15.2 Å². The molecule has 0 spiro atoms. The Morgan fingerprint density at radius 3 is 2.56 bits per heavy atom. The lowest BCUT2D eigenvalue weighted by Gasteiger charge is -2.31. The second kappa shape index (κ2) is 12.8. The number of amides is 2. The summed E-state index contributed by atoms with van der Waals surface area (Å²) in [6.07, 6.45) is 2.52. The summed E-state index contributed by atoms with van der Waals surface area (Å²) < 4.78 is 0. The standard InChI is InChI=1S/C32H31N7O2/c1-22(40)34-15-16-35-30-27-20-28(36-31(27)38-29(37-30)26-11-3-2-4-12-26)32(41)39-17-13-23(14-18-39)7-5-8-24-9-6-10-25(19-24)21-33/h2-4,6,9-12,19-20,23H,7,13-18H2,1H3,(H,34,40)(H2,35,36,37,38). The predicted molar refractivity (Wildman–Crippen MR) is 158 cm³/mol. The van der Waals surface area contributed by atoms with E-state index in [1.165, 1.54) is 6.92 Å². The first-order valence-corrected chi connectivity index (χ1v) is 13.7. The van der Waals surface area contributed by atoms with Crippen molar-refractivity contribution in [2.24, 2.45) is 5.92 Å². The van der Waals surface area contributed by atoms with E-state index in [0.717, 1.165) is 35.8 Å². The van der Waals surface area contributed by atoms with Gasteiger partial charge in [-0.3, -0.25) is 9.59 Å². The molecule has 1 fully saturated rings. The van der Waals surface area contributed by atoms with E-state index < -0.39 is 0 Å². The molecule has 41 heavy (non-hydrogen) atoms. The zero-order chi connectivity index (χ0) is 28.6. The van der Waals surface area contributed by atoms with Gasteiger partial charge in [-0.05, 0) is 43.0 Å². The maximum Gasteiger partial charge on any atom is 0.270 e. The molecule has 5 rings (SSSR count). The van der Waals surface area contributed by atoms with Crippen molar-refractivity contribution in [2.75, 3.05) is 31.5 Å². The fourth-order valence-corrected chi connectivity index (χ4v) is 4.87. The van der Waals surface area contributed by atoms with E-state index >= 15 is 0 Å². The number of carbonyl (C=O) groups is 2. The molecule has 2 aromatic heterocycles. The largest absolute Gasteiger partial charge is 0.368 e. The van der Waals surface area contributed by atoms with Gasteiger partial charge in [0.2, 0.25) is 5.91 Å². The minimum absolute atomic E-state index is 0.0636. The Morgan fingerprint density at radius 1 is 1.02 bits per heavy atom. The molecule has 0 atom stereocenters. The van der Waals surface area contributed by atoms with Crippen molar-refractivity contribution in [3.63, 3.8) is 0 Å². The number of benzene rings is 2. The summed E-state index contributed by atoms with van der Waals surface area (Å²) in [5.74, 6) is 7.82. The van der Waals surface area contributed by atoms with Crippen molar-refractivity contribution >= 4 is 28.7 Å². The predicted octanol–water partition coefficient (Wildman–Crippen LogP) is 4.34. The number of aromatic nitrogens is 3. The lowest BCUT2D eigenvalue weighted by Crippen LogP contribution is -2.38. The molecule has 9 heteroatoms. The van der Waals surface area contributed by atoms with Crippen LogP contribution in [0.2, 0.25) is 0 Å². The Balaban J connectivity index is 1.27. The van der Waals surface area contributed by atoms with Gasteiger partial charge in [0.1, 0.15) is 17.2 Å². The number of carbonyl (C=O) groups excluding carboxylic acids is 2. The zero-order valence-corrected chi connectivity index (χ0v) is 22.9. The van der Waals surface area contributed by atoms with Crippen LogP contribution >= 0.6 is 0 Å². The summed E-state index contributed by atoms with van der Waals surface area (Å²) in [7, 11) is 0. The third-order valence-electron chi connectivity index (χ3n) is 7.06. The number of nitriles is 1. The summed E-state index contributed by atoms with van der Waals surface area (Å²) in [6, 6.07) is 20.9. The molecule has 3 N–H and O–H groups in total. The molecule has 1 aliphatic heterocycles. The number of rotatable bonds is 7. The van der Waals surface area contributed by atoms with Crippen molar-refractivity contribution in [3.05, 3.63) is 77.5 Å². The number of nitrogens with zero attached hydrogens (tertiary/aromatic N) is 4. The Morgan fingerprint density at radius 2 is 1.80 bits per heavy atom. The van der Waals surface area contributed by atoms with Crippen LogP contribution in [0.25, 0.3) is 22.4 Å². The molecule has 0 aliphatic carbocycles. The highest BCUT2D eigenvalue weighted by atomic mass is 16.2. The van der Waals surface area contributed by atoms with Gasteiger partial charge in [0.25, 0.3) is 5.91 Å². The van der Waals surface area contributed by atoms with Crippen LogP contribution in [0, 0.1) is 29.1 Å². The van der Waals surface area contributed by atoms with Crippen molar-refractivity contribution in [1.82, 2.24) is 25.2 Å². The van der Waals surface area contributed by atoms with Crippen LogP contribution in [0.4, 0.5) is 5.82 Å². The number of nitrogens with one attached hydrogen (secondary N) is 3. The van der Waals surface area contributed by atoms with E-state index in [1.54, 1.807) is 18.2 Å². The number of anilines is 1. The summed E-state index contributed by atoms with van der Waals surface area (Å²) in [4.78, 5) is 39.3. The van der Waals surface area contributed by atoms with Crippen LogP contribution in [0.1, 0.15) is 47.8 Å². The average Bonchev–Trinajstić information content (AvgIpc) is 3.44. The minimum atomic E-state index is -0.0969. The van der Waals surface area contributed by atoms with Crippen LogP contribution < -0.4 is 10.6 Å². The van der Waals surface area contributed by atoms with Crippen LogP contribution in [0.3, 0.4) is 0 Å². The fraction of sp³-hybridized carbons (Fsp3) is 0.281. The number of piperidine rings is 1. The van der Waals surface area contributed by atoms with Crippen molar-refractivity contribution in [3.8, 4) is 29.3 Å². The third kappa shape index (κ3) is 6.90. The van der Waals surface area contributed by atoms with Gasteiger partial charge in [-0.1, -0.05) is 48.2 Å². The molecular weight excluding hydrogens is 514 g/mol. The number of hydrogen-bond donors (Lipinski definition) is 3. The normalized spacial score (nSPS) is 13.2. The van der Waals surface area contributed by atoms with E-state index in [-0.39, 0.29) is 11.8 Å². The molecule has 2 aromatic carbocycles. The fourth-order valence-electron chi connectivity index (χ4n) is 4.87. The van der Waals surface area contributed by atoms with Crippen LogP contribution in [0.15, 0.2) is 60.7 Å². The maximum absolute atomic E-state index is 13.5. The van der Waals surface area contributed by atoms with Gasteiger partial charge >= 0.3 is 0 Å². The summed E-state index contributed by atoms with van der Waals surface area (Å²) in [6.45, 7) is 3.73. The highest BCUT2D eigenvalue weighted by molar-refractivity contribution is 6.00. The second-order valence-corrected chi connectivity index (χ2v) is 10.1. The molecule has 3 heterocycles. The van der Waals surface area contributed by atoms with Crippen molar-refractivity contribution in [1.29, 1.82) is 5.26 Å². The SMILES string of the molecule is CC(=O)NCCNc1nc(-c2ccccc2)nc2[nH]c(C(=O)N3CCC(CC#Cc4cccc(C#N)c4)CC3)cc12. The Hall–Kier alpha value is -5.15. The van der Waals surface area contributed by atoms with Crippen LogP contribution in [-0.2, 0) is 4.79 Å². The average molecular weight is 546 g/mol. The Kier molecular flexibility index (Phi) is 8.56. The van der Waals surface area contributed by atoms with Crippen LogP contribution in [0.5, 0.6) is 0 Å². The molecule has 4 aromatic rings. The van der Waals surface area contributed by atoms with E-state index in [1.807, 2.05) is 47.4 Å². The number of fused-ring (bicyclic) bond motifs is 1.